The maximum Gasteiger partial charge on any atom is 0.320 e. The highest BCUT2D eigenvalue weighted by Gasteiger charge is 2.41. The largest absolute Gasteiger partial charge is 0.460 e. The third kappa shape index (κ3) is 5.26. The molecule has 1 aliphatic carbocycles. The molecule has 3 rings (SSSR count). The second-order valence-electron chi connectivity index (χ2n) is 6.71. The van der Waals surface area contributed by atoms with Crippen molar-refractivity contribution in [1.29, 1.82) is 0 Å². The van der Waals surface area contributed by atoms with Crippen LogP contribution in [0.3, 0.4) is 0 Å². The van der Waals surface area contributed by atoms with Gasteiger partial charge in [-0.15, -0.1) is 0 Å². The Kier molecular flexibility index (Phi) is 6.36. The number of carbonyl (C=O) groups excluding carboxylic acids is 3. The molecule has 0 heterocycles. The van der Waals surface area contributed by atoms with Gasteiger partial charge in [-0.2, -0.15) is 0 Å². The van der Waals surface area contributed by atoms with E-state index < -0.39 is 17.9 Å². The van der Waals surface area contributed by atoms with Gasteiger partial charge in [-0.3, -0.25) is 14.4 Å². The molecule has 2 aromatic carbocycles. The van der Waals surface area contributed by atoms with Gasteiger partial charge in [0.25, 0.3) is 0 Å². The van der Waals surface area contributed by atoms with Crippen LogP contribution in [0.5, 0.6) is 0 Å². The Morgan fingerprint density at radius 1 is 0.852 bits per heavy atom. The number of rotatable bonds is 7. The van der Waals surface area contributed by atoms with E-state index in [4.69, 9.17) is 9.47 Å². The monoisotopic (exact) mass is 366 g/mol. The number of benzene rings is 2. The minimum absolute atomic E-state index is 0.0664. The summed E-state index contributed by atoms with van der Waals surface area (Å²) >= 11 is 0. The summed E-state index contributed by atoms with van der Waals surface area (Å²) in [5, 5.41) is 0. The van der Waals surface area contributed by atoms with Gasteiger partial charge >= 0.3 is 11.9 Å². The minimum Gasteiger partial charge on any atom is -0.460 e. The lowest BCUT2D eigenvalue weighted by atomic mass is 9.91. The van der Waals surface area contributed by atoms with Crippen LogP contribution in [0.1, 0.15) is 30.4 Å². The maximum absolute atomic E-state index is 12.6. The van der Waals surface area contributed by atoms with Crippen LogP contribution in [0.4, 0.5) is 0 Å². The van der Waals surface area contributed by atoms with Gasteiger partial charge in [0.2, 0.25) is 0 Å². The fraction of sp³-hybridized carbons (Fsp3) is 0.318. The van der Waals surface area contributed by atoms with Crippen LogP contribution in [0.15, 0.2) is 60.7 Å². The fourth-order valence-corrected chi connectivity index (χ4v) is 3.25. The minimum atomic E-state index is -1.07. The van der Waals surface area contributed by atoms with E-state index in [0.717, 1.165) is 11.1 Å². The van der Waals surface area contributed by atoms with Gasteiger partial charge in [0.1, 0.15) is 19.0 Å². The van der Waals surface area contributed by atoms with Crippen molar-refractivity contribution < 1.29 is 23.9 Å². The third-order valence-electron chi connectivity index (χ3n) is 4.71. The van der Waals surface area contributed by atoms with E-state index in [-0.39, 0.29) is 31.3 Å². The molecule has 1 saturated carbocycles. The molecule has 140 valence electrons. The molecule has 1 fully saturated rings. The van der Waals surface area contributed by atoms with Crippen molar-refractivity contribution in [2.24, 2.45) is 11.8 Å². The molecule has 0 aromatic heterocycles. The quantitative estimate of drug-likeness (QED) is 0.554. The zero-order chi connectivity index (χ0) is 19.1. The average molecular weight is 366 g/mol. The fourth-order valence-electron chi connectivity index (χ4n) is 3.25. The molecule has 5 nitrogen and oxygen atoms in total. The zero-order valence-corrected chi connectivity index (χ0v) is 15.0. The zero-order valence-electron chi connectivity index (χ0n) is 15.0. The van der Waals surface area contributed by atoms with Crippen molar-refractivity contribution in [1.82, 2.24) is 0 Å². The first kappa shape index (κ1) is 18.8. The van der Waals surface area contributed by atoms with Gasteiger partial charge in [0, 0.05) is 12.8 Å². The first-order valence-corrected chi connectivity index (χ1v) is 9.06. The number of hydrogen-bond donors (Lipinski definition) is 0. The molecule has 0 unspecified atom stereocenters. The molecular weight excluding hydrogens is 344 g/mol. The second kappa shape index (κ2) is 9.12. The first-order valence-electron chi connectivity index (χ1n) is 9.06. The SMILES string of the molecule is O=C1CC[C@H](C(C(=O)OCc2ccccc2)C(=O)OCc2ccccc2)C1. The molecule has 0 saturated heterocycles. The van der Waals surface area contributed by atoms with Gasteiger partial charge in [0.05, 0.1) is 0 Å². The van der Waals surface area contributed by atoms with E-state index in [1.165, 1.54) is 0 Å². The molecule has 0 amide bonds. The molecule has 0 spiro atoms. The average Bonchev–Trinajstić information content (AvgIpc) is 3.12. The number of Topliss-reactive ketones (excluding diaryl/α,β-unsaturated/α-hetero) is 1. The number of ketones is 1. The second-order valence-corrected chi connectivity index (χ2v) is 6.71. The standard InChI is InChI=1S/C22H22O5/c23-19-12-11-18(13-19)20(21(24)26-14-16-7-3-1-4-8-16)22(25)27-15-17-9-5-2-6-10-17/h1-10,18,20H,11-15H2/t18-/m0/s1. The molecule has 0 N–H and O–H groups in total. The predicted octanol–water partition coefficient (Wildman–Crippen LogP) is 3.46. The van der Waals surface area contributed by atoms with Crippen molar-refractivity contribution in [3.05, 3.63) is 71.8 Å². The summed E-state index contributed by atoms with van der Waals surface area (Å²) in [5.74, 6) is -2.61. The Hall–Kier alpha value is -2.95. The van der Waals surface area contributed by atoms with E-state index in [1.54, 1.807) is 0 Å². The van der Waals surface area contributed by atoms with Gasteiger partial charge in [-0.25, -0.2) is 0 Å². The lowest BCUT2D eigenvalue weighted by Crippen LogP contribution is -2.33. The van der Waals surface area contributed by atoms with Crippen LogP contribution in [-0.2, 0) is 37.1 Å². The van der Waals surface area contributed by atoms with E-state index in [9.17, 15) is 14.4 Å². The van der Waals surface area contributed by atoms with Crippen LogP contribution in [0.2, 0.25) is 0 Å². The summed E-state index contributed by atoms with van der Waals surface area (Å²) in [5.41, 5.74) is 1.68. The Morgan fingerprint density at radius 3 is 1.74 bits per heavy atom. The number of ether oxygens (including phenoxy) is 2. The van der Waals surface area contributed by atoms with Crippen LogP contribution >= 0.6 is 0 Å². The summed E-state index contributed by atoms with van der Waals surface area (Å²) in [6.45, 7) is 0.172. The van der Waals surface area contributed by atoms with E-state index in [2.05, 4.69) is 0 Å². The van der Waals surface area contributed by atoms with Crippen LogP contribution < -0.4 is 0 Å². The van der Waals surface area contributed by atoms with Gasteiger partial charge in [-0.1, -0.05) is 60.7 Å². The maximum atomic E-state index is 12.6. The summed E-state index contributed by atoms with van der Waals surface area (Å²) in [6.07, 6.45) is 1.11. The summed E-state index contributed by atoms with van der Waals surface area (Å²) < 4.78 is 10.7. The smallest absolute Gasteiger partial charge is 0.320 e. The molecule has 1 aliphatic rings. The van der Waals surface area contributed by atoms with Crippen LogP contribution in [0, 0.1) is 11.8 Å². The van der Waals surface area contributed by atoms with Crippen molar-refractivity contribution in [2.45, 2.75) is 32.5 Å². The lowest BCUT2D eigenvalue weighted by molar-refractivity contribution is -0.166. The summed E-state index contributed by atoms with van der Waals surface area (Å²) in [7, 11) is 0. The third-order valence-corrected chi connectivity index (χ3v) is 4.71. The number of esters is 2. The molecule has 5 heteroatoms. The highest BCUT2D eigenvalue weighted by atomic mass is 16.6. The Bertz CT molecular complexity index is 729. The van der Waals surface area contributed by atoms with Crippen molar-refractivity contribution in [3.63, 3.8) is 0 Å². The lowest BCUT2D eigenvalue weighted by Gasteiger charge is -2.20. The highest BCUT2D eigenvalue weighted by Crippen LogP contribution is 2.31. The van der Waals surface area contributed by atoms with Gasteiger partial charge < -0.3 is 9.47 Å². The molecule has 0 radical (unpaired) electrons. The summed E-state index contributed by atoms with van der Waals surface area (Å²) in [4.78, 5) is 36.9. The Balaban J connectivity index is 1.65. The molecule has 0 aliphatic heterocycles. The molecule has 1 atom stereocenters. The van der Waals surface area contributed by atoms with Gasteiger partial charge in [-0.05, 0) is 23.5 Å². The normalized spacial score (nSPS) is 16.3. The summed E-state index contributed by atoms with van der Waals surface area (Å²) in [6, 6.07) is 18.5. The Labute approximate surface area is 158 Å². The molecule has 2 aromatic rings. The van der Waals surface area contributed by atoms with E-state index >= 15 is 0 Å². The van der Waals surface area contributed by atoms with Gasteiger partial charge in [0.15, 0.2) is 5.92 Å². The molecule has 0 bridgehead atoms. The Morgan fingerprint density at radius 2 is 1.33 bits per heavy atom. The number of carbonyl (C=O) groups is 3. The molecule has 27 heavy (non-hydrogen) atoms. The van der Waals surface area contributed by atoms with Crippen molar-refractivity contribution in [3.8, 4) is 0 Å². The highest BCUT2D eigenvalue weighted by molar-refractivity contribution is 5.96. The predicted molar refractivity (Wildman–Crippen MR) is 98.3 cm³/mol. The van der Waals surface area contributed by atoms with E-state index in [0.29, 0.717) is 12.8 Å². The first-order chi connectivity index (χ1) is 13.1. The van der Waals surface area contributed by atoms with E-state index in [1.807, 2.05) is 60.7 Å². The van der Waals surface area contributed by atoms with Crippen molar-refractivity contribution in [2.75, 3.05) is 0 Å². The topological polar surface area (TPSA) is 69.7 Å². The van der Waals surface area contributed by atoms with Crippen LogP contribution in [0.25, 0.3) is 0 Å². The number of hydrogen-bond acceptors (Lipinski definition) is 5. The van der Waals surface area contributed by atoms with Crippen molar-refractivity contribution >= 4 is 17.7 Å². The van der Waals surface area contributed by atoms with Crippen LogP contribution in [-0.4, -0.2) is 17.7 Å². The molecular formula is C22H22O5.